The second-order valence-corrected chi connectivity index (χ2v) is 5.64. The van der Waals surface area contributed by atoms with Gasteiger partial charge in [0.15, 0.2) is 0 Å². The number of alkyl carbamates (subject to hydrolysis) is 1. The van der Waals surface area contributed by atoms with E-state index < -0.39 is 11.7 Å². The van der Waals surface area contributed by atoms with Crippen LogP contribution in [0.15, 0.2) is 18.2 Å². The van der Waals surface area contributed by atoms with Gasteiger partial charge in [0.25, 0.3) is 0 Å². The zero-order valence-corrected chi connectivity index (χ0v) is 11.9. The first-order chi connectivity index (χ1) is 8.67. The van der Waals surface area contributed by atoms with Gasteiger partial charge in [-0.2, -0.15) is 0 Å². The van der Waals surface area contributed by atoms with Crippen LogP contribution in [0, 0.1) is 0 Å². The lowest BCUT2D eigenvalue weighted by molar-refractivity contribution is 0.0508. The Hall–Kier alpha value is -1.91. The predicted octanol–water partition coefficient (Wildman–Crippen LogP) is 2.43. The molecule has 0 radical (unpaired) electrons. The highest BCUT2D eigenvalue weighted by atomic mass is 16.6. The number of nitrogens with one attached hydrogen (secondary N) is 1. The normalized spacial score (nSPS) is 12.8. The molecule has 0 saturated carbocycles. The number of amides is 1. The maximum Gasteiger partial charge on any atom is 0.407 e. The molecule has 0 heterocycles. The molecule has 0 aliphatic heterocycles. The van der Waals surface area contributed by atoms with Crippen molar-refractivity contribution in [2.45, 2.75) is 45.8 Å². The van der Waals surface area contributed by atoms with Gasteiger partial charge in [-0.3, -0.25) is 0 Å². The van der Waals surface area contributed by atoms with Gasteiger partial charge in [-0.25, -0.2) is 4.79 Å². The number of phenols is 1. The smallest absolute Gasteiger partial charge is 0.407 e. The van der Waals surface area contributed by atoms with E-state index in [1.807, 2.05) is 27.7 Å². The summed E-state index contributed by atoms with van der Waals surface area (Å²) in [7, 11) is 0. The van der Waals surface area contributed by atoms with E-state index in [9.17, 15) is 9.90 Å². The van der Waals surface area contributed by atoms with Crippen molar-refractivity contribution >= 4 is 11.8 Å². The Balaban J connectivity index is 2.53. The fourth-order valence-corrected chi connectivity index (χ4v) is 1.64. The number of hydrogen-bond acceptors (Lipinski definition) is 4. The largest absolute Gasteiger partial charge is 0.506 e. The Labute approximate surface area is 113 Å². The van der Waals surface area contributed by atoms with Crippen LogP contribution in [0.1, 0.15) is 33.3 Å². The lowest BCUT2D eigenvalue weighted by Crippen LogP contribution is -2.38. The van der Waals surface area contributed by atoms with Crippen molar-refractivity contribution in [3.05, 3.63) is 23.8 Å². The molecule has 1 atom stereocenters. The van der Waals surface area contributed by atoms with E-state index >= 15 is 0 Å². The molecule has 4 N–H and O–H groups in total. The van der Waals surface area contributed by atoms with Gasteiger partial charge >= 0.3 is 6.09 Å². The molecule has 0 aliphatic rings. The lowest BCUT2D eigenvalue weighted by atomic mass is 10.1. The second-order valence-electron chi connectivity index (χ2n) is 5.64. The molecule has 1 unspecified atom stereocenters. The third-order valence-electron chi connectivity index (χ3n) is 2.40. The monoisotopic (exact) mass is 266 g/mol. The van der Waals surface area contributed by atoms with Crippen LogP contribution in [0.2, 0.25) is 0 Å². The van der Waals surface area contributed by atoms with E-state index in [2.05, 4.69) is 5.32 Å². The molecule has 0 aromatic heterocycles. The number of phenolic OH excluding ortho intramolecular Hbond substituents is 1. The number of carbonyl (C=O) groups excluding carboxylic acids is 1. The Kier molecular flexibility index (Phi) is 4.64. The maximum atomic E-state index is 11.6. The van der Waals surface area contributed by atoms with Crippen LogP contribution in [0.4, 0.5) is 10.5 Å². The summed E-state index contributed by atoms with van der Waals surface area (Å²) in [6.07, 6.45) is 0.177. The number of nitrogen functional groups attached to an aromatic ring is 1. The van der Waals surface area contributed by atoms with Crippen LogP contribution >= 0.6 is 0 Å². The number of ether oxygens (including phenoxy) is 1. The molecular formula is C14H22N2O3. The van der Waals surface area contributed by atoms with Gasteiger partial charge < -0.3 is 20.9 Å². The minimum absolute atomic E-state index is 0.0662. The molecule has 19 heavy (non-hydrogen) atoms. The molecule has 5 heteroatoms. The summed E-state index contributed by atoms with van der Waals surface area (Å²) in [5.41, 5.74) is 6.39. The Morgan fingerprint density at radius 2 is 2.11 bits per heavy atom. The molecule has 0 spiro atoms. The molecule has 1 aromatic rings. The summed E-state index contributed by atoms with van der Waals surface area (Å²) < 4.78 is 5.17. The summed E-state index contributed by atoms with van der Waals surface area (Å²) in [6.45, 7) is 7.33. The van der Waals surface area contributed by atoms with Gasteiger partial charge in [0, 0.05) is 6.04 Å². The first-order valence-corrected chi connectivity index (χ1v) is 6.24. The Bertz CT molecular complexity index is 452. The Morgan fingerprint density at radius 1 is 1.47 bits per heavy atom. The summed E-state index contributed by atoms with van der Waals surface area (Å²) in [6, 6.07) is 4.94. The second kappa shape index (κ2) is 5.82. The van der Waals surface area contributed by atoms with Crippen LogP contribution in [-0.2, 0) is 11.2 Å². The van der Waals surface area contributed by atoms with Crippen molar-refractivity contribution in [3.8, 4) is 5.75 Å². The van der Waals surface area contributed by atoms with Gasteiger partial charge in [0.2, 0.25) is 0 Å². The highest BCUT2D eigenvalue weighted by molar-refractivity contribution is 5.68. The summed E-state index contributed by atoms with van der Waals surface area (Å²) in [5.74, 6) is 0.0662. The molecule has 1 aromatic carbocycles. The van der Waals surface area contributed by atoms with Gasteiger partial charge in [-0.1, -0.05) is 6.07 Å². The highest BCUT2D eigenvalue weighted by Gasteiger charge is 2.17. The molecule has 0 bridgehead atoms. The predicted molar refractivity (Wildman–Crippen MR) is 75.1 cm³/mol. The average molecular weight is 266 g/mol. The standard InChI is InChI=1S/C14H22N2O3/c1-9(16-13(18)19-14(2,3)4)7-10-5-6-12(17)11(15)8-10/h5-6,8-9,17H,7,15H2,1-4H3,(H,16,18). The van der Waals surface area contributed by atoms with Crippen molar-refractivity contribution in [2.75, 3.05) is 5.73 Å². The molecule has 5 nitrogen and oxygen atoms in total. The zero-order chi connectivity index (χ0) is 14.6. The molecule has 1 rings (SSSR count). The van der Waals surface area contributed by atoms with Crippen LogP contribution < -0.4 is 11.1 Å². The van der Waals surface area contributed by atoms with Crippen LogP contribution in [0.5, 0.6) is 5.75 Å². The highest BCUT2D eigenvalue weighted by Crippen LogP contribution is 2.21. The van der Waals surface area contributed by atoms with E-state index in [1.165, 1.54) is 0 Å². The molecular weight excluding hydrogens is 244 g/mol. The van der Waals surface area contributed by atoms with Crippen molar-refractivity contribution < 1.29 is 14.6 Å². The Morgan fingerprint density at radius 3 is 2.63 bits per heavy atom. The van der Waals surface area contributed by atoms with Crippen molar-refractivity contribution in [3.63, 3.8) is 0 Å². The van der Waals surface area contributed by atoms with Gasteiger partial charge in [-0.15, -0.1) is 0 Å². The number of hydrogen-bond donors (Lipinski definition) is 3. The van der Waals surface area contributed by atoms with Crippen molar-refractivity contribution in [1.29, 1.82) is 0 Å². The molecule has 0 fully saturated rings. The lowest BCUT2D eigenvalue weighted by Gasteiger charge is -2.22. The van der Waals surface area contributed by atoms with Gasteiger partial charge in [-0.05, 0) is 51.8 Å². The van der Waals surface area contributed by atoms with E-state index in [0.29, 0.717) is 12.1 Å². The van der Waals surface area contributed by atoms with E-state index in [-0.39, 0.29) is 11.8 Å². The summed E-state index contributed by atoms with van der Waals surface area (Å²) >= 11 is 0. The van der Waals surface area contributed by atoms with Gasteiger partial charge in [0.05, 0.1) is 5.69 Å². The SMILES string of the molecule is CC(Cc1ccc(O)c(N)c1)NC(=O)OC(C)(C)C. The summed E-state index contributed by atoms with van der Waals surface area (Å²) in [5, 5.41) is 12.1. The third-order valence-corrected chi connectivity index (χ3v) is 2.40. The quantitative estimate of drug-likeness (QED) is 0.579. The van der Waals surface area contributed by atoms with Crippen molar-refractivity contribution in [2.24, 2.45) is 0 Å². The first kappa shape index (κ1) is 15.1. The zero-order valence-electron chi connectivity index (χ0n) is 11.9. The van der Waals surface area contributed by atoms with E-state index in [4.69, 9.17) is 10.5 Å². The number of anilines is 1. The van der Waals surface area contributed by atoms with Crippen LogP contribution in [-0.4, -0.2) is 22.8 Å². The minimum Gasteiger partial charge on any atom is -0.506 e. The van der Waals surface area contributed by atoms with E-state index in [0.717, 1.165) is 5.56 Å². The molecule has 106 valence electrons. The topological polar surface area (TPSA) is 84.6 Å². The number of benzene rings is 1. The fraction of sp³-hybridized carbons (Fsp3) is 0.500. The van der Waals surface area contributed by atoms with Crippen LogP contribution in [0.3, 0.4) is 0 Å². The molecule has 0 aliphatic carbocycles. The first-order valence-electron chi connectivity index (χ1n) is 6.24. The maximum absolute atomic E-state index is 11.6. The summed E-state index contributed by atoms with van der Waals surface area (Å²) in [4.78, 5) is 11.6. The van der Waals surface area contributed by atoms with Crippen LogP contribution in [0.25, 0.3) is 0 Å². The van der Waals surface area contributed by atoms with Gasteiger partial charge in [0.1, 0.15) is 11.4 Å². The van der Waals surface area contributed by atoms with E-state index in [1.54, 1.807) is 18.2 Å². The fourth-order valence-electron chi connectivity index (χ4n) is 1.64. The number of carbonyl (C=O) groups is 1. The molecule has 1 amide bonds. The number of rotatable bonds is 3. The number of aromatic hydroxyl groups is 1. The molecule has 0 saturated heterocycles. The third kappa shape index (κ3) is 5.50. The minimum atomic E-state index is -0.507. The van der Waals surface area contributed by atoms with Crippen molar-refractivity contribution in [1.82, 2.24) is 5.32 Å². The average Bonchev–Trinajstić information content (AvgIpc) is 2.20. The number of nitrogens with two attached hydrogens (primary N) is 1.